The van der Waals surface area contributed by atoms with Crippen molar-refractivity contribution in [1.29, 1.82) is 0 Å². The number of likely N-dealkylation sites (tertiary alicyclic amines) is 1. The maximum absolute atomic E-state index is 13.4. The SMILES string of the molecule is CO[C@@H]1COCC[C@@H]1NC1CCN(C(=O)c2ncnc(Cc3ccc4cc(Br)ccc4c3)c2C)CC1. The highest BCUT2D eigenvalue weighted by atomic mass is 79.9. The van der Waals surface area contributed by atoms with Gasteiger partial charge >= 0.3 is 0 Å². The lowest BCUT2D eigenvalue weighted by atomic mass is 9.99. The summed E-state index contributed by atoms with van der Waals surface area (Å²) in [5, 5.41) is 6.13. The highest BCUT2D eigenvalue weighted by Gasteiger charge is 2.31. The summed E-state index contributed by atoms with van der Waals surface area (Å²) in [5.41, 5.74) is 3.44. The first-order valence-electron chi connectivity index (χ1n) is 12.7. The van der Waals surface area contributed by atoms with E-state index in [1.165, 1.54) is 22.7 Å². The monoisotopic (exact) mass is 552 g/mol. The van der Waals surface area contributed by atoms with Crippen LogP contribution in [0.1, 0.15) is 46.6 Å². The first-order valence-corrected chi connectivity index (χ1v) is 13.5. The third-order valence-electron chi connectivity index (χ3n) is 7.47. The molecule has 0 radical (unpaired) electrons. The smallest absolute Gasteiger partial charge is 0.272 e. The maximum atomic E-state index is 13.4. The number of carbonyl (C=O) groups excluding carboxylic acids is 1. The van der Waals surface area contributed by atoms with E-state index in [0.29, 0.717) is 30.8 Å². The number of ether oxygens (including phenoxy) is 2. The molecule has 1 amide bonds. The summed E-state index contributed by atoms with van der Waals surface area (Å²) in [5.74, 6) is -0.00111. The molecule has 2 aliphatic rings. The Balaban J connectivity index is 1.23. The molecule has 5 rings (SSSR count). The van der Waals surface area contributed by atoms with Crippen molar-refractivity contribution in [3.8, 4) is 0 Å². The molecule has 7 nitrogen and oxygen atoms in total. The number of halogens is 1. The zero-order chi connectivity index (χ0) is 25.1. The molecule has 0 spiro atoms. The van der Waals surface area contributed by atoms with Gasteiger partial charge in [-0.2, -0.15) is 0 Å². The van der Waals surface area contributed by atoms with Crippen LogP contribution < -0.4 is 5.32 Å². The minimum absolute atomic E-state index is 0.00111. The van der Waals surface area contributed by atoms with Gasteiger partial charge in [0.2, 0.25) is 0 Å². The largest absolute Gasteiger partial charge is 0.379 e. The molecule has 2 aromatic carbocycles. The van der Waals surface area contributed by atoms with Crippen LogP contribution >= 0.6 is 15.9 Å². The van der Waals surface area contributed by atoms with Crippen molar-refractivity contribution >= 4 is 32.6 Å². The van der Waals surface area contributed by atoms with Gasteiger partial charge in [-0.1, -0.05) is 40.2 Å². The van der Waals surface area contributed by atoms with E-state index in [1.807, 2.05) is 11.8 Å². The molecule has 2 atom stereocenters. The highest BCUT2D eigenvalue weighted by Crippen LogP contribution is 2.24. The molecule has 0 bridgehead atoms. The Hall–Kier alpha value is -2.39. The fourth-order valence-corrected chi connectivity index (χ4v) is 5.67. The van der Waals surface area contributed by atoms with E-state index in [1.54, 1.807) is 7.11 Å². The van der Waals surface area contributed by atoms with Crippen LogP contribution in [0.15, 0.2) is 47.2 Å². The summed E-state index contributed by atoms with van der Waals surface area (Å²) < 4.78 is 12.2. The number of nitrogens with zero attached hydrogens (tertiary/aromatic N) is 3. The number of hydrogen-bond acceptors (Lipinski definition) is 6. The summed E-state index contributed by atoms with van der Waals surface area (Å²) in [7, 11) is 1.74. The second-order valence-corrected chi connectivity index (χ2v) is 10.7. The molecular weight excluding hydrogens is 520 g/mol. The number of piperidine rings is 1. The van der Waals surface area contributed by atoms with Crippen molar-refractivity contribution in [2.24, 2.45) is 0 Å². The lowest BCUT2D eigenvalue weighted by Crippen LogP contribution is -2.54. The Morgan fingerprint density at radius 3 is 2.72 bits per heavy atom. The molecule has 2 fully saturated rings. The number of rotatable bonds is 6. The predicted molar refractivity (Wildman–Crippen MR) is 143 cm³/mol. The van der Waals surface area contributed by atoms with Crippen LogP contribution in [-0.2, 0) is 15.9 Å². The molecule has 3 heterocycles. The van der Waals surface area contributed by atoms with Gasteiger partial charge in [-0.05, 0) is 54.7 Å². The van der Waals surface area contributed by atoms with E-state index < -0.39 is 0 Å². The number of carbonyl (C=O) groups is 1. The van der Waals surface area contributed by atoms with E-state index in [9.17, 15) is 4.79 Å². The Morgan fingerprint density at radius 2 is 1.92 bits per heavy atom. The van der Waals surface area contributed by atoms with E-state index in [4.69, 9.17) is 9.47 Å². The molecule has 0 aliphatic carbocycles. The molecule has 0 unspecified atom stereocenters. The van der Waals surface area contributed by atoms with Crippen molar-refractivity contribution in [1.82, 2.24) is 20.2 Å². The number of amides is 1. The summed E-state index contributed by atoms with van der Waals surface area (Å²) in [6.45, 7) is 4.80. The lowest BCUT2D eigenvalue weighted by Gasteiger charge is -2.38. The van der Waals surface area contributed by atoms with Gasteiger partial charge < -0.3 is 19.7 Å². The molecule has 36 heavy (non-hydrogen) atoms. The zero-order valence-corrected chi connectivity index (χ0v) is 22.5. The number of fused-ring (bicyclic) bond motifs is 1. The number of methoxy groups -OCH3 is 1. The molecule has 1 N–H and O–H groups in total. The van der Waals surface area contributed by atoms with Gasteiger partial charge in [0.25, 0.3) is 5.91 Å². The minimum atomic E-state index is -0.00111. The summed E-state index contributed by atoms with van der Waals surface area (Å²) in [6, 6.07) is 13.4. The topological polar surface area (TPSA) is 76.6 Å². The van der Waals surface area contributed by atoms with Gasteiger partial charge in [0.1, 0.15) is 12.0 Å². The fraction of sp³-hybridized carbons (Fsp3) is 0.464. The van der Waals surface area contributed by atoms with Crippen LogP contribution in [0.4, 0.5) is 0 Å². The second kappa shape index (κ2) is 11.3. The zero-order valence-electron chi connectivity index (χ0n) is 20.9. The van der Waals surface area contributed by atoms with E-state index in [0.717, 1.165) is 54.7 Å². The molecule has 2 saturated heterocycles. The molecule has 2 aliphatic heterocycles. The van der Waals surface area contributed by atoms with Gasteiger partial charge in [0.15, 0.2) is 0 Å². The standard InChI is InChI=1S/C28H33BrN4O3/c1-18-25(14-19-3-4-21-15-22(29)6-5-20(21)13-19)30-17-31-27(18)28(34)33-10-7-23(8-11-33)32-24-9-12-36-16-26(24)35-2/h3-6,13,15,17,23-24,26,32H,7-12,14,16H2,1-2H3/t24-,26+/m0/s1. The first kappa shape index (κ1) is 25.3. The van der Waals surface area contributed by atoms with E-state index >= 15 is 0 Å². The number of hydrogen-bond donors (Lipinski definition) is 1. The third-order valence-corrected chi connectivity index (χ3v) is 7.96. The highest BCUT2D eigenvalue weighted by molar-refractivity contribution is 9.10. The molecule has 8 heteroatoms. The minimum Gasteiger partial charge on any atom is -0.379 e. The summed E-state index contributed by atoms with van der Waals surface area (Å²) >= 11 is 3.53. The summed E-state index contributed by atoms with van der Waals surface area (Å²) in [4.78, 5) is 24.3. The molecular formula is C28H33BrN4O3. The fourth-order valence-electron chi connectivity index (χ4n) is 5.29. The third kappa shape index (κ3) is 5.62. The number of benzene rings is 2. The van der Waals surface area contributed by atoms with Gasteiger partial charge in [-0.25, -0.2) is 9.97 Å². The van der Waals surface area contributed by atoms with Gasteiger partial charge in [-0.3, -0.25) is 4.79 Å². The van der Waals surface area contributed by atoms with Crippen molar-refractivity contribution in [3.05, 3.63) is 69.7 Å². The number of nitrogens with one attached hydrogen (secondary N) is 1. The van der Waals surface area contributed by atoms with Crippen LogP contribution in [0.5, 0.6) is 0 Å². The van der Waals surface area contributed by atoms with Crippen molar-refractivity contribution in [2.45, 2.75) is 50.8 Å². The van der Waals surface area contributed by atoms with Crippen LogP contribution in [-0.4, -0.2) is 72.4 Å². The molecule has 1 aromatic heterocycles. The normalized spacial score (nSPS) is 21.1. The van der Waals surface area contributed by atoms with Crippen LogP contribution in [0.3, 0.4) is 0 Å². The van der Waals surface area contributed by atoms with E-state index in [2.05, 4.69) is 67.6 Å². The molecule has 3 aromatic rings. The predicted octanol–water partition coefficient (Wildman–Crippen LogP) is 4.29. The van der Waals surface area contributed by atoms with Gasteiger partial charge in [-0.15, -0.1) is 0 Å². The average Bonchev–Trinajstić information content (AvgIpc) is 2.90. The van der Waals surface area contributed by atoms with Crippen molar-refractivity contribution < 1.29 is 14.3 Å². The average molecular weight is 554 g/mol. The Labute approximate surface area is 220 Å². The maximum Gasteiger partial charge on any atom is 0.272 e. The lowest BCUT2D eigenvalue weighted by molar-refractivity contribution is -0.0533. The van der Waals surface area contributed by atoms with E-state index in [-0.39, 0.29) is 12.0 Å². The van der Waals surface area contributed by atoms with Gasteiger partial charge in [0.05, 0.1) is 18.4 Å². The van der Waals surface area contributed by atoms with Crippen LogP contribution in [0, 0.1) is 6.92 Å². The Kier molecular flexibility index (Phi) is 7.96. The van der Waals surface area contributed by atoms with Crippen molar-refractivity contribution in [2.75, 3.05) is 33.4 Å². The van der Waals surface area contributed by atoms with Crippen LogP contribution in [0.25, 0.3) is 10.8 Å². The Bertz CT molecular complexity index is 1230. The van der Waals surface area contributed by atoms with Crippen LogP contribution in [0.2, 0.25) is 0 Å². The quantitative estimate of drug-likeness (QED) is 0.491. The second-order valence-electron chi connectivity index (χ2n) is 9.77. The molecule has 0 saturated carbocycles. The molecule has 190 valence electrons. The van der Waals surface area contributed by atoms with Crippen molar-refractivity contribution in [3.63, 3.8) is 0 Å². The Morgan fingerprint density at radius 1 is 1.14 bits per heavy atom. The number of aromatic nitrogens is 2. The summed E-state index contributed by atoms with van der Waals surface area (Å²) in [6.07, 6.45) is 5.07. The first-order chi connectivity index (χ1) is 17.5. The van der Waals surface area contributed by atoms with Gasteiger partial charge in [0, 0.05) is 55.3 Å².